The monoisotopic (exact) mass is 334 g/mol. The van der Waals surface area contributed by atoms with Gasteiger partial charge in [-0.25, -0.2) is 0 Å². The van der Waals surface area contributed by atoms with Gasteiger partial charge in [-0.15, -0.1) is 0 Å². The van der Waals surface area contributed by atoms with Gasteiger partial charge in [0.15, 0.2) is 0 Å². The molecule has 2 rings (SSSR count). The van der Waals surface area contributed by atoms with E-state index in [2.05, 4.69) is 28.1 Å². The lowest BCUT2D eigenvalue weighted by molar-refractivity contribution is 0.150. The van der Waals surface area contributed by atoms with Gasteiger partial charge in [-0.1, -0.05) is 46.3 Å². The van der Waals surface area contributed by atoms with E-state index in [1.54, 1.807) is 0 Å². The van der Waals surface area contributed by atoms with Gasteiger partial charge in [0.05, 0.1) is 6.61 Å². The molecule has 0 saturated heterocycles. The number of para-hydroxylation sites is 1. The lowest BCUT2D eigenvalue weighted by Crippen LogP contribution is -2.11. The van der Waals surface area contributed by atoms with Gasteiger partial charge in [-0.05, 0) is 43.2 Å². The topological polar surface area (TPSA) is 18.5 Å². The van der Waals surface area contributed by atoms with E-state index in [0.717, 1.165) is 31.1 Å². The van der Waals surface area contributed by atoms with Gasteiger partial charge in [0.25, 0.3) is 0 Å². The summed E-state index contributed by atoms with van der Waals surface area (Å²) in [5, 5.41) is 0. The summed E-state index contributed by atoms with van der Waals surface area (Å²) in [6.07, 6.45) is 0.950. The third-order valence-electron chi connectivity index (χ3n) is 2.86. The Hall–Kier alpha value is -1.32. The summed E-state index contributed by atoms with van der Waals surface area (Å²) in [7, 11) is 0. The number of rotatable bonds is 7. The Morgan fingerprint density at radius 1 is 0.950 bits per heavy atom. The molecule has 1 atom stereocenters. The Bertz CT molecular complexity index is 496. The van der Waals surface area contributed by atoms with Crippen molar-refractivity contribution in [1.82, 2.24) is 0 Å². The van der Waals surface area contributed by atoms with Crippen molar-refractivity contribution in [1.29, 1.82) is 0 Å². The first kappa shape index (κ1) is 15.1. The van der Waals surface area contributed by atoms with Crippen LogP contribution in [0.2, 0.25) is 0 Å². The second-order valence-corrected chi connectivity index (χ2v) is 5.81. The average Bonchev–Trinajstić information content (AvgIpc) is 2.48. The fraction of sp³-hybridized carbons (Fsp3) is 0.294. The molecule has 0 aliphatic carbocycles. The van der Waals surface area contributed by atoms with Crippen LogP contribution < -0.4 is 4.74 Å². The van der Waals surface area contributed by atoms with Gasteiger partial charge in [-0.3, -0.25) is 0 Å². The molecule has 1 unspecified atom stereocenters. The predicted molar refractivity (Wildman–Crippen MR) is 85.9 cm³/mol. The van der Waals surface area contributed by atoms with Crippen LogP contribution in [-0.4, -0.2) is 18.0 Å². The van der Waals surface area contributed by atoms with E-state index in [1.165, 1.54) is 5.56 Å². The molecule has 0 saturated carbocycles. The molecule has 2 aromatic carbocycles. The highest BCUT2D eigenvalue weighted by atomic mass is 79.9. The molecule has 0 N–H and O–H groups in total. The first-order valence-corrected chi connectivity index (χ1v) is 7.73. The maximum atomic E-state index is 5.77. The summed E-state index contributed by atoms with van der Waals surface area (Å²) in [5.41, 5.74) is 1.27. The van der Waals surface area contributed by atoms with Crippen molar-refractivity contribution in [2.45, 2.75) is 18.2 Å². The van der Waals surface area contributed by atoms with Crippen LogP contribution >= 0.6 is 15.9 Å². The van der Waals surface area contributed by atoms with Crippen LogP contribution in [0, 0.1) is 0 Å². The molecular weight excluding hydrogens is 316 g/mol. The number of hydrogen-bond donors (Lipinski definition) is 0. The minimum atomic E-state index is 0.350. The molecule has 20 heavy (non-hydrogen) atoms. The second kappa shape index (κ2) is 8.08. The zero-order valence-corrected chi connectivity index (χ0v) is 13.2. The number of ether oxygens (including phenoxy) is 2. The van der Waals surface area contributed by atoms with E-state index in [0.29, 0.717) is 4.83 Å². The van der Waals surface area contributed by atoms with Gasteiger partial charge in [0.1, 0.15) is 11.5 Å². The molecule has 0 aliphatic rings. The zero-order chi connectivity index (χ0) is 14.2. The normalized spacial score (nSPS) is 12.1. The summed E-state index contributed by atoms with van der Waals surface area (Å²) in [5.74, 6) is 1.71. The minimum absolute atomic E-state index is 0.350. The first-order valence-electron chi connectivity index (χ1n) is 6.81. The fourth-order valence-electron chi connectivity index (χ4n) is 1.88. The largest absolute Gasteiger partial charge is 0.457 e. The highest BCUT2D eigenvalue weighted by Crippen LogP contribution is 2.22. The van der Waals surface area contributed by atoms with Crippen molar-refractivity contribution in [3.05, 3.63) is 60.2 Å². The molecule has 0 amide bonds. The molecule has 2 nitrogen and oxygen atoms in total. The fourth-order valence-corrected chi connectivity index (χ4v) is 2.44. The Kier molecular flexibility index (Phi) is 6.09. The van der Waals surface area contributed by atoms with E-state index >= 15 is 0 Å². The maximum Gasteiger partial charge on any atom is 0.127 e. The van der Waals surface area contributed by atoms with Crippen molar-refractivity contribution in [2.24, 2.45) is 0 Å². The second-order valence-electron chi connectivity index (χ2n) is 4.52. The van der Waals surface area contributed by atoms with Gasteiger partial charge in [0, 0.05) is 11.4 Å². The van der Waals surface area contributed by atoms with Crippen LogP contribution in [0.25, 0.3) is 0 Å². The number of halogens is 1. The van der Waals surface area contributed by atoms with Crippen LogP contribution in [0.3, 0.4) is 0 Å². The smallest absolute Gasteiger partial charge is 0.127 e. The number of hydrogen-bond acceptors (Lipinski definition) is 2. The number of alkyl halides is 1. The molecule has 106 valence electrons. The SMILES string of the molecule is CCOCC(Br)Cc1ccc(Oc2ccccc2)cc1. The summed E-state index contributed by atoms with van der Waals surface area (Å²) in [6.45, 7) is 3.50. The van der Waals surface area contributed by atoms with Crippen molar-refractivity contribution in [3.8, 4) is 11.5 Å². The summed E-state index contributed by atoms with van der Waals surface area (Å²) in [4.78, 5) is 0.350. The molecule has 0 aliphatic heterocycles. The third-order valence-corrected chi connectivity index (χ3v) is 3.45. The standard InChI is InChI=1S/C17H19BrO2/c1-2-19-13-15(18)12-14-8-10-17(11-9-14)20-16-6-4-3-5-7-16/h3-11,15H,2,12-13H2,1H3. The third kappa shape index (κ3) is 4.99. The average molecular weight is 335 g/mol. The summed E-state index contributed by atoms with van der Waals surface area (Å²) < 4.78 is 11.2. The molecule has 0 aromatic heterocycles. The summed E-state index contributed by atoms with van der Waals surface area (Å²) in [6, 6.07) is 18.0. The van der Waals surface area contributed by atoms with E-state index in [4.69, 9.17) is 9.47 Å². The van der Waals surface area contributed by atoms with Crippen molar-refractivity contribution >= 4 is 15.9 Å². The van der Waals surface area contributed by atoms with Crippen molar-refractivity contribution in [2.75, 3.05) is 13.2 Å². The van der Waals surface area contributed by atoms with E-state index in [-0.39, 0.29) is 0 Å². The van der Waals surface area contributed by atoms with Gasteiger partial charge in [0.2, 0.25) is 0 Å². The van der Waals surface area contributed by atoms with Crippen molar-refractivity contribution in [3.63, 3.8) is 0 Å². The molecule has 2 aromatic rings. The summed E-state index contributed by atoms with van der Waals surface area (Å²) >= 11 is 3.63. The highest BCUT2D eigenvalue weighted by molar-refractivity contribution is 9.09. The van der Waals surface area contributed by atoms with Crippen LogP contribution in [-0.2, 0) is 11.2 Å². The van der Waals surface area contributed by atoms with Gasteiger partial charge < -0.3 is 9.47 Å². The molecule has 0 radical (unpaired) electrons. The van der Waals surface area contributed by atoms with Gasteiger partial charge in [-0.2, -0.15) is 0 Å². The molecular formula is C17H19BrO2. The Balaban J connectivity index is 1.89. The van der Waals surface area contributed by atoms with Crippen molar-refractivity contribution < 1.29 is 9.47 Å². The van der Waals surface area contributed by atoms with E-state index < -0.39 is 0 Å². The van der Waals surface area contributed by atoms with Gasteiger partial charge >= 0.3 is 0 Å². The minimum Gasteiger partial charge on any atom is -0.457 e. The Morgan fingerprint density at radius 2 is 1.60 bits per heavy atom. The van der Waals surface area contributed by atoms with Crippen LogP contribution in [0.1, 0.15) is 12.5 Å². The Labute approximate surface area is 128 Å². The first-order chi connectivity index (χ1) is 9.78. The molecule has 0 bridgehead atoms. The molecule has 0 fully saturated rings. The maximum absolute atomic E-state index is 5.77. The lowest BCUT2D eigenvalue weighted by atomic mass is 10.1. The zero-order valence-electron chi connectivity index (χ0n) is 11.6. The lowest BCUT2D eigenvalue weighted by Gasteiger charge is -2.10. The quantitative estimate of drug-likeness (QED) is 0.675. The van der Waals surface area contributed by atoms with Crippen LogP contribution in [0.4, 0.5) is 0 Å². The highest BCUT2D eigenvalue weighted by Gasteiger charge is 2.06. The molecule has 0 spiro atoms. The molecule has 0 heterocycles. The van der Waals surface area contributed by atoms with E-state index in [9.17, 15) is 0 Å². The van der Waals surface area contributed by atoms with Crippen LogP contribution in [0.5, 0.6) is 11.5 Å². The van der Waals surface area contributed by atoms with E-state index in [1.807, 2.05) is 49.4 Å². The van der Waals surface area contributed by atoms with Crippen LogP contribution in [0.15, 0.2) is 54.6 Å². The number of benzene rings is 2. The predicted octanol–water partition coefficient (Wildman–Crippen LogP) is 4.82. The molecule has 3 heteroatoms. The Morgan fingerprint density at radius 3 is 2.25 bits per heavy atom.